The SMILES string of the molecule is O=C1C=CC[C@]1(O)CO. The predicted octanol–water partition coefficient (Wildman–Crippen LogP) is -0.761. The lowest BCUT2D eigenvalue weighted by Gasteiger charge is -2.15. The van der Waals surface area contributed by atoms with Crippen molar-refractivity contribution in [2.45, 2.75) is 12.0 Å². The van der Waals surface area contributed by atoms with E-state index in [0.29, 0.717) is 0 Å². The van der Waals surface area contributed by atoms with E-state index in [2.05, 4.69) is 0 Å². The predicted molar refractivity (Wildman–Crippen MR) is 30.8 cm³/mol. The quantitative estimate of drug-likeness (QED) is 0.488. The molecule has 0 saturated carbocycles. The average molecular weight is 128 g/mol. The van der Waals surface area contributed by atoms with Crippen molar-refractivity contribution in [2.24, 2.45) is 0 Å². The molecule has 0 aliphatic heterocycles. The molecular weight excluding hydrogens is 120 g/mol. The van der Waals surface area contributed by atoms with Gasteiger partial charge in [0.1, 0.15) is 0 Å². The lowest BCUT2D eigenvalue weighted by Crippen LogP contribution is -2.37. The highest BCUT2D eigenvalue weighted by molar-refractivity contribution is 5.99. The van der Waals surface area contributed by atoms with Crippen LogP contribution in [0.5, 0.6) is 0 Å². The summed E-state index contributed by atoms with van der Waals surface area (Å²) in [5.41, 5.74) is -1.50. The molecule has 0 amide bonds. The summed E-state index contributed by atoms with van der Waals surface area (Å²) in [6.07, 6.45) is 3.08. The van der Waals surface area contributed by atoms with Crippen LogP contribution in [-0.4, -0.2) is 28.2 Å². The normalized spacial score (nSPS) is 33.8. The van der Waals surface area contributed by atoms with Crippen molar-refractivity contribution >= 4 is 5.78 Å². The molecule has 0 aromatic carbocycles. The summed E-state index contributed by atoms with van der Waals surface area (Å²) in [6.45, 7) is -0.487. The first-order valence-electron chi connectivity index (χ1n) is 2.73. The van der Waals surface area contributed by atoms with Gasteiger partial charge in [-0.2, -0.15) is 0 Å². The number of carbonyl (C=O) groups excluding carboxylic acids is 1. The molecule has 0 aromatic rings. The average Bonchev–Trinajstić information content (AvgIpc) is 2.15. The molecule has 3 nitrogen and oxygen atoms in total. The summed E-state index contributed by atoms with van der Waals surface area (Å²) in [5, 5.41) is 17.6. The Morgan fingerprint density at radius 1 is 1.78 bits per heavy atom. The van der Waals surface area contributed by atoms with Crippen molar-refractivity contribution < 1.29 is 15.0 Å². The maximum atomic E-state index is 10.6. The van der Waals surface area contributed by atoms with Crippen LogP contribution in [0, 0.1) is 0 Å². The fraction of sp³-hybridized carbons (Fsp3) is 0.500. The van der Waals surface area contributed by atoms with Gasteiger partial charge in [0, 0.05) is 6.42 Å². The minimum atomic E-state index is -1.50. The molecule has 0 aromatic heterocycles. The highest BCUT2D eigenvalue weighted by atomic mass is 16.3. The standard InChI is InChI=1S/C6H8O3/c7-4-6(9)3-1-2-5(6)8/h1-2,7,9H,3-4H2/t6-/m0/s1. The van der Waals surface area contributed by atoms with Gasteiger partial charge in [-0.25, -0.2) is 0 Å². The molecular formula is C6H8O3. The van der Waals surface area contributed by atoms with Crippen molar-refractivity contribution in [1.29, 1.82) is 0 Å². The first-order valence-corrected chi connectivity index (χ1v) is 2.73. The van der Waals surface area contributed by atoms with Crippen molar-refractivity contribution in [1.82, 2.24) is 0 Å². The number of hydrogen-bond donors (Lipinski definition) is 2. The molecule has 0 radical (unpaired) electrons. The highest BCUT2D eigenvalue weighted by Crippen LogP contribution is 2.18. The Balaban J connectivity index is 2.74. The second-order valence-corrected chi connectivity index (χ2v) is 2.16. The van der Waals surface area contributed by atoms with E-state index in [1.807, 2.05) is 0 Å². The lowest BCUT2D eigenvalue weighted by molar-refractivity contribution is -0.134. The zero-order chi connectivity index (χ0) is 6.91. The maximum absolute atomic E-state index is 10.6. The van der Waals surface area contributed by atoms with E-state index in [9.17, 15) is 4.79 Å². The van der Waals surface area contributed by atoms with Gasteiger partial charge in [0.25, 0.3) is 0 Å². The topological polar surface area (TPSA) is 57.5 Å². The second-order valence-electron chi connectivity index (χ2n) is 2.16. The van der Waals surface area contributed by atoms with E-state index in [1.54, 1.807) is 6.08 Å². The van der Waals surface area contributed by atoms with Crippen LogP contribution in [0.15, 0.2) is 12.2 Å². The Morgan fingerprint density at radius 2 is 2.44 bits per heavy atom. The summed E-state index contributed by atoms with van der Waals surface area (Å²) in [5.74, 6) is -0.398. The number of aliphatic hydroxyl groups is 2. The number of rotatable bonds is 1. The molecule has 2 N–H and O–H groups in total. The lowest BCUT2D eigenvalue weighted by atomic mass is 10.0. The van der Waals surface area contributed by atoms with E-state index in [4.69, 9.17) is 10.2 Å². The van der Waals surface area contributed by atoms with Crippen molar-refractivity contribution in [3.63, 3.8) is 0 Å². The van der Waals surface area contributed by atoms with Gasteiger partial charge in [-0.1, -0.05) is 6.08 Å². The second kappa shape index (κ2) is 1.93. The molecule has 1 atom stereocenters. The van der Waals surface area contributed by atoms with Crippen LogP contribution in [-0.2, 0) is 4.79 Å². The van der Waals surface area contributed by atoms with Crippen molar-refractivity contribution in [3.05, 3.63) is 12.2 Å². The van der Waals surface area contributed by atoms with Gasteiger partial charge >= 0.3 is 0 Å². The molecule has 0 heterocycles. The Kier molecular flexibility index (Phi) is 1.38. The van der Waals surface area contributed by atoms with E-state index >= 15 is 0 Å². The summed E-state index contributed by atoms with van der Waals surface area (Å²) in [7, 11) is 0. The maximum Gasteiger partial charge on any atom is 0.189 e. The summed E-state index contributed by atoms with van der Waals surface area (Å²) in [6, 6.07) is 0. The molecule has 1 rings (SSSR count). The third kappa shape index (κ3) is 0.886. The molecule has 0 spiro atoms. The van der Waals surface area contributed by atoms with Crippen LogP contribution in [0.1, 0.15) is 6.42 Å². The van der Waals surface area contributed by atoms with Gasteiger partial charge in [-0.05, 0) is 6.08 Å². The van der Waals surface area contributed by atoms with E-state index in [-0.39, 0.29) is 6.42 Å². The monoisotopic (exact) mass is 128 g/mol. The number of hydrogen-bond acceptors (Lipinski definition) is 3. The highest BCUT2D eigenvalue weighted by Gasteiger charge is 2.35. The third-order valence-electron chi connectivity index (χ3n) is 1.44. The first-order chi connectivity index (χ1) is 4.19. The first kappa shape index (κ1) is 6.45. The molecule has 50 valence electrons. The molecule has 0 unspecified atom stereocenters. The van der Waals surface area contributed by atoms with Gasteiger partial charge < -0.3 is 10.2 Å². The van der Waals surface area contributed by atoms with Crippen LogP contribution in [0.2, 0.25) is 0 Å². The van der Waals surface area contributed by atoms with Crippen LogP contribution >= 0.6 is 0 Å². The van der Waals surface area contributed by atoms with Crippen molar-refractivity contribution in [3.8, 4) is 0 Å². The number of ketones is 1. The van der Waals surface area contributed by atoms with Gasteiger partial charge in [0.15, 0.2) is 11.4 Å². The minimum Gasteiger partial charge on any atom is -0.393 e. The Hall–Kier alpha value is -0.670. The Labute approximate surface area is 52.6 Å². The van der Waals surface area contributed by atoms with Gasteiger partial charge in [0.2, 0.25) is 0 Å². The minimum absolute atomic E-state index is 0.238. The van der Waals surface area contributed by atoms with Crippen LogP contribution < -0.4 is 0 Å². The van der Waals surface area contributed by atoms with Gasteiger partial charge in [-0.3, -0.25) is 4.79 Å². The van der Waals surface area contributed by atoms with Gasteiger partial charge in [0.05, 0.1) is 6.61 Å². The number of aliphatic hydroxyl groups excluding tert-OH is 1. The van der Waals surface area contributed by atoms with Gasteiger partial charge in [-0.15, -0.1) is 0 Å². The third-order valence-corrected chi connectivity index (χ3v) is 1.44. The van der Waals surface area contributed by atoms with E-state index in [1.165, 1.54) is 6.08 Å². The fourth-order valence-electron chi connectivity index (χ4n) is 0.759. The molecule has 9 heavy (non-hydrogen) atoms. The fourth-order valence-corrected chi connectivity index (χ4v) is 0.759. The Bertz CT molecular complexity index is 162. The zero-order valence-corrected chi connectivity index (χ0v) is 4.87. The summed E-state index contributed by atoms with van der Waals surface area (Å²) < 4.78 is 0. The van der Waals surface area contributed by atoms with Crippen LogP contribution in [0.4, 0.5) is 0 Å². The molecule has 1 aliphatic rings. The van der Waals surface area contributed by atoms with E-state index < -0.39 is 18.0 Å². The number of carbonyl (C=O) groups is 1. The molecule has 0 saturated heterocycles. The summed E-state index contributed by atoms with van der Waals surface area (Å²) in [4.78, 5) is 10.6. The zero-order valence-electron chi connectivity index (χ0n) is 4.87. The summed E-state index contributed by atoms with van der Waals surface area (Å²) >= 11 is 0. The van der Waals surface area contributed by atoms with E-state index in [0.717, 1.165) is 0 Å². The van der Waals surface area contributed by atoms with Crippen LogP contribution in [0.3, 0.4) is 0 Å². The Morgan fingerprint density at radius 3 is 2.67 bits per heavy atom. The molecule has 0 bridgehead atoms. The molecule has 3 heteroatoms. The van der Waals surface area contributed by atoms with Crippen LogP contribution in [0.25, 0.3) is 0 Å². The largest absolute Gasteiger partial charge is 0.393 e. The smallest absolute Gasteiger partial charge is 0.189 e. The molecule has 0 fully saturated rings. The van der Waals surface area contributed by atoms with Crippen molar-refractivity contribution in [2.75, 3.05) is 6.61 Å². The molecule has 1 aliphatic carbocycles.